The maximum Gasteiger partial charge on any atom is 0.417 e. The first-order chi connectivity index (χ1) is 16.2. The molecule has 0 atom stereocenters. The van der Waals surface area contributed by atoms with Gasteiger partial charge in [0.25, 0.3) is 0 Å². The summed E-state index contributed by atoms with van der Waals surface area (Å²) in [7, 11) is 0. The standard InChI is InChI=1S/C28H32N2O3/c1-2-3-4-8-19-32-25-13-11-24(12-14-25)29-28(31)33-26-15-16-27-23(20-26)17-18-30(27)21-22-9-6-5-7-10-22/h5-7,9-16,20H,2-4,8,17-19,21H2,1H3,(H,29,31). The lowest BCUT2D eigenvalue weighted by atomic mass is 10.1. The molecule has 3 aromatic carbocycles. The van der Waals surface area contributed by atoms with E-state index in [4.69, 9.17) is 9.47 Å². The zero-order valence-corrected chi connectivity index (χ0v) is 19.3. The zero-order valence-electron chi connectivity index (χ0n) is 19.3. The van der Waals surface area contributed by atoms with Crippen LogP contribution in [0.15, 0.2) is 72.8 Å². The van der Waals surface area contributed by atoms with Gasteiger partial charge in [0.1, 0.15) is 11.5 Å². The van der Waals surface area contributed by atoms with Gasteiger partial charge >= 0.3 is 6.09 Å². The van der Waals surface area contributed by atoms with Crippen LogP contribution in [0.4, 0.5) is 16.2 Å². The SMILES string of the molecule is CCCCCCOc1ccc(NC(=O)Oc2ccc3c(c2)CCN3Cc2ccccc2)cc1. The summed E-state index contributed by atoms with van der Waals surface area (Å²) in [5, 5.41) is 2.78. The number of fused-ring (bicyclic) bond motifs is 1. The fourth-order valence-corrected chi connectivity index (χ4v) is 4.08. The molecule has 0 fully saturated rings. The van der Waals surface area contributed by atoms with E-state index < -0.39 is 6.09 Å². The fourth-order valence-electron chi connectivity index (χ4n) is 4.08. The first-order valence-corrected chi connectivity index (χ1v) is 11.8. The number of carbonyl (C=O) groups excluding carboxylic acids is 1. The summed E-state index contributed by atoms with van der Waals surface area (Å²) in [6, 6.07) is 23.7. The second-order valence-corrected chi connectivity index (χ2v) is 8.40. The Morgan fingerprint density at radius 1 is 0.939 bits per heavy atom. The van der Waals surface area contributed by atoms with Crippen molar-refractivity contribution in [3.8, 4) is 11.5 Å². The highest BCUT2D eigenvalue weighted by atomic mass is 16.6. The van der Waals surface area contributed by atoms with E-state index in [1.165, 1.54) is 36.1 Å². The molecule has 0 radical (unpaired) electrons. The fraction of sp³-hybridized carbons (Fsp3) is 0.321. The van der Waals surface area contributed by atoms with Crippen molar-refractivity contribution in [2.75, 3.05) is 23.4 Å². The van der Waals surface area contributed by atoms with Gasteiger partial charge < -0.3 is 14.4 Å². The van der Waals surface area contributed by atoms with Crippen molar-refractivity contribution < 1.29 is 14.3 Å². The highest BCUT2D eigenvalue weighted by molar-refractivity contribution is 5.86. The monoisotopic (exact) mass is 444 g/mol. The van der Waals surface area contributed by atoms with Gasteiger partial charge in [-0.3, -0.25) is 5.32 Å². The zero-order chi connectivity index (χ0) is 22.9. The minimum absolute atomic E-state index is 0.498. The highest BCUT2D eigenvalue weighted by Gasteiger charge is 2.20. The van der Waals surface area contributed by atoms with Crippen LogP contribution in [-0.4, -0.2) is 19.2 Å². The Balaban J connectivity index is 1.27. The van der Waals surface area contributed by atoms with Crippen LogP contribution in [0.2, 0.25) is 0 Å². The molecule has 5 heteroatoms. The lowest BCUT2D eigenvalue weighted by Gasteiger charge is -2.19. The van der Waals surface area contributed by atoms with Gasteiger partial charge in [-0.25, -0.2) is 4.79 Å². The van der Waals surface area contributed by atoms with E-state index in [2.05, 4.69) is 41.4 Å². The van der Waals surface area contributed by atoms with E-state index >= 15 is 0 Å². The van der Waals surface area contributed by atoms with E-state index in [1.54, 1.807) is 0 Å². The third kappa shape index (κ3) is 6.51. The summed E-state index contributed by atoms with van der Waals surface area (Å²) in [5.74, 6) is 1.36. The van der Waals surface area contributed by atoms with Crippen LogP contribution in [0.5, 0.6) is 11.5 Å². The summed E-state index contributed by atoms with van der Waals surface area (Å²) in [4.78, 5) is 14.7. The average molecular weight is 445 g/mol. The van der Waals surface area contributed by atoms with Gasteiger partial charge in [0.05, 0.1) is 6.61 Å². The topological polar surface area (TPSA) is 50.8 Å². The first kappa shape index (κ1) is 22.7. The summed E-state index contributed by atoms with van der Waals surface area (Å²) in [5.41, 5.74) is 4.38. The largest absolute Gasteiger partial charge is 0.494 e. The van der Waals surface area contributed by atoms with E-state index in [-0.39, 0.29) is 0 Å². The molecule has 0 bridgehead atoms. The van der Waals surface area contributed by atoms with Gasteiger partial charge in [-0.2, -0.15) is 0 Å². The summed E-state index contributed by atoms with van der Waals surface area (Å²) < 4.78 is 11.3. The van der Waals surface area contributed by atoms with E-state index in [1.807, 2.05) is 48.5 Å². The Morgan fingerprint density at radius 2 is 1.73 bits per heavy atom. The van der Waals surface area contributed by atoms with Gasteiger partial charge in [-0.1, -0.05) is 56.5 Å². The Hall–Kier alpha value is -3.47. The minimum Gasteiger partial charge on any atom is -0.494 e. The van der Waals surface area contributed by atoms with E-state index in [0.29, 0.717) is 11.4 Å². The van der Waals surface area contributed by atoms with Crippen LogP contribution < -0.4 is 19.7 Å². The van der Waals surface area contributed by atoms with Gasteiger partial charge in [-0.15, -0.1) is 0 Å². The molecule has 1 N–H and O–H groups in total. The lowest BCUT2D eigenvalue weighted by Crippen LogP contribution is -2.19. The number of nitrogens with one attached hydrogen (secondary N) is 1. The van der Waals surface area contributed by atoms with Crippen molar-refractivity contribution in [2.45, 2.75) is 45.6 Å². The normalized spacial score (nSPS) is 12.3. The molecule has 172 valence electrons. The predicted molar refractivity (Wildman–Crippen MR) is 133 cm³/mol. The smallest absolute Gasteiger partial charge is 0.417 e. The molecule has 0 spiro atoms. The number of anilines is 2. The summed E-state index contributed by atoms with van der Waals surface area (Å²) in [6.07, 6.45) is 5.16. The molecule has 5 nitrogen and oxygen atoms in total. The average Bonchev–Trinajstić information content (AvgIpc) is 3.22. The molecule has 1 aliphatic rings. The molecular weight excluding hydrogens is 412 g/mol. The summed E-state index contributed by atoms with van der Waals surface area (Å²) in [6.45, 7) is 4.76. The quantitative estimate of drug-likeness (QED) is 0.349. The van der Waals surface area contributed by atoms with Crippen molar-refractivity contribution in [1.29, 1.82) is 0 Å². The molecule has 0 aliphatic carbocycles. The molecule has 0 aromatic heterocycles. The van der Waals surface area contributed by atoms with Crippen LogP contribution >= 0.6 is 0 Å². The second-order valence-electron chi connectivity index (χ2n) is 8.40. The Morgan fingerprint density at radius 3 is 2.52 bits per heavy atom. The van der Waals surface area contributed by atoms with Crippen molar-refractivity contribution in [2.24, 2.45) is 0 Å². The Bertz CT molecular complexity index is 1030. The van der Waals surface area contributed by atoms with E-state index in [0.717, 1.165) is 38.3 Å². The molecule has 1 aliphatic heterocycles. The number of hydrogen-bond donors (Lipinski definition) is 1. The number of hydrogen-bond acceptors (Lipinski definition) is 4. The van der Waals surface area contributed by atoms with E-state index in [9.17, 15) is 4.79 Å². The number of benzene rings is 3. The molecule has 3 aromatic rings. The van der Waals surface area contributed by atoms with Gasteiger partial charge in [-0.05, 0) is 66.4 Å². The molecule has 1 heterocycles. The van der Waals surface area contributed by atoms with Crippen LogP contribution in [0.3, 0.4) is 0 Å². The minimum atomic E-state index is -0.498. The van der Waals surface area contributed by atoms with Crippen LogP contribution in [-0.2, 0) is 13.0 Å². The molecule has 0 unspecified atom stereocenters. The van der Waals surface area contributed by atoms with Crippen LogP contribution in [0, 0.1) is 0 Å². The molecule has 4 rings (SSSR count). The Labute approximate surface area is 196 Å². The van der Waals surface area contributed by atoms with Crippen molar-refractivity contribution in [3.63, 3.8) is 0 Å². The van der Waals surface area contributed by atoms with Gasteiger partial charge in [0.2, 0.25) is 0 Å². The number of carbonyl (C=O) groups is 1. The van der Waals surface area contributed by atoms with Crippen molar-refractivity contribution >= 4 is 17.5 Å². The number of nitrogens with zero attached hydrogens (tertiary/aromatic N) is 1. The molecular formula is C28H32N2O3. The maximum absolute atomic E-state index is 12.4. The summed E-state index contributed by atoms with van der Waals surface area (Å²) >= 11 is 0. The second kappa shape index (κ2) is 11.4. The third-order valence-electron chi connectivity index (χ3n) is 5.84. The number of unbranched alkanes of at least 4 members (excludes halogenated alkanes) is 3. The number of rotatable bonds is 10. The Kier molecular flexibility index (Phi) is 7.85. The maximum atomic E-state index is 12.4. The van der Waals surface area contributed by atoms with Crippen LogP contribution in [0.25, 0.3) is 0 Å². The number of amides is 1. The molecule has 1 amide bonds. The third-order valence-corrected chi connectivity index (χ3v) is 5.84. The van der Waals surface area contributed by atoms with Crippen molar-refractivity contribution in [3.05, 3.63) is 83.9 Å². The highest BCUT2D eigenvalue weighted by Crippen LogP contribution is 2.32. The lowest BCUT2D eigenvalue weighted by molar-refractivity contribution is 0.215. The predicted octanol–water partition coefficient (Wildman–Crippen LogP) is 6.82. The first-order valence-electron chi connectivity index (χ1n) is 11.8. The van der Waals surface area contributed by atoms with Crippen LogP contribution in [0.1, 0.15) is 43.7 Å². The van der Waals surface area contributed by atoms with Crippen molar-refractivity contribution in [1.82, 2.24) is 0 Å². The molecule has 33 heavy (non-hydrogen) atoms. The molecule has 0 saturated heterocycles. The number of ether oxygens (including phenoxy) is 2. The van der Waals surface area contributed by atoms with Gasteiger partial charge in [0, 0.05) is 24.5 Å². The van der Waals surface area contributed by atoms with Gasteiger partial charge in [0.15, 0.2) is 0 Å². The molecule has 0 saturated carbocycles.